The fourth-order valence-corrected chi connectivity index (χ4v) is 3.29. The Labute approximate surface area is 145 Å². The summed E-state index contributed by atoms with van der Waals surface area (Å²) in [6, 6.07) is 5.76. The Morgan fingerprint density at radius 3 is 2.17 bits per heavy atom. The molecule has 0 radical (unpaired) electrons. The van der Waals surface area contributed by atoms with Gasteiger partial charge in [0.05, 0.1) is 10.4 Å². The lowest BCUT2D eigenvalue weighted by atomic mass is 9.88. The summed E-state index contributed by atoms with van der Waals surface area (Å²) >= 11 is 0. The Morgan fingerprint density at radius 1 is 1.21 bits per heavy atom. The van der Waals surface area contributed by atoms with Gasteiger partial charge in [-0.1, -0.05) is 20.8 Å². The maximum absolute atomic E-state index is 12.4. The molecule has 1 aromatic carbocycles. The second-order valence-electron chi connectivity index (χ2n) is 6.69. The normalized spacial score (nSPS) is 15.8. The number of nitrogens with one attached hydrogen (secondary N) is 2. The van der Waals surface area contributed by atoms with E-state index in [4.69, 9.17) is 5.73 Å². The lowest BCUT2D eigenvalue weighted by Crippen LogP contribution is -2.55. The van der Waals surface area contributed by atoms with E-state index in [1.54, 1.807) is 6.92 Å². The Morgan fingerprint density at radius 2 is 1.75 bits per heavy atom. The first-order valence-electron chi connectivity index (χ1n) is 8.20. The molecule has 0 saturated carbocycles. The Kier molecular flexibility index (Phi) is 6.95. The van der Waals surface area contributed by atoms with Crippen LogP contribution in [-0.4, -0.2) is 32.5 Å². The number of sulfonamides is 1. The summed E-state index contributed by atoms with van der Waals surface area (Å²) in [5.74, 6) is -0.0960. The van der Waals surface area contributed by atoms with Gasteiger partial charge in [-0.05, 0) is 50.5 Å². The Hall–Kier alpha value is -1.44. The summed E-state index contributed by atoms with van der Waals surface area (Å²) in [4.78, 5) is 12.5. The van der Waals surface area contributed by atoms with E-state index in [2.05, 4.69) is 10.0 Å². The van der Waals surface area contributed by atoms with Gasteiger partial charge in [-0.2, -0.15) is 0 Å². The van der Waals surface area contributed by atoms with Gasteiger partial charge in [0.15, 0.2) is 0 Å². The molecule has 7 heteroatoms. The molecule has 0 bridgehead atoms. The Balaban J connectivity index is 2.93. The predicted octanol–water partition coefficient (Wildman–Crippen LogP) is 1.87. The molecule has 0 fully saturated rings. The van der Waals surface area contributed by atoms with E-state index in [1.807, 2.05) is 27.7 Å². The van der Waals surface area contributed by atoms with E-state index in [-0.39, 0.29) is 22.8 Å². The molecule has 0 aromatic heterocycles. The van der Waals surface area contributed by atoms with Gasteiger partial charge in [0.25, 0.3) is 5.91 Å². The van der Waals surface area contributed by atoms with Crippen molar-refractivity contribution in [3.63, 3.8) is 0 Å². The van der Waals surface area contributed by atoms with Crippen LogP contribution in [0.1, 0.15) is 51.4 Å². The standard InChI is InChI=1S/C17H29N3O3S/c1-6-13(4)20-24(22,23)15-9-7-14(8-10-15)16(21)19-17(5,11-18)12(2)3/h7-10,12-13,20H,6,11,18H2,1-5H3,(H,19,21). The minimum atomic E-state index is -3.57. The minimum Gasteiger partial charge on any atom is -0.345 e. The highest BCUT2D eigenvalue weighted by Crippen LogP contribution is 2.17. The molecule has 0 spiro atoms. The molecular formula is C17H29N3O3S. The van der Waals surface area contributed by atoms with Gasteiger partial charge in [-0.25, -0.2) is 13.1 Å². The van der Waals surface area contributed by atoms with Crippen molar-refractivity contribution < 1.29 is 13.2 Å². The summed E-state index contributed by atoms with van der Waals surface area (Å²) < 4.78 is 27.0. The third kappa shape index (κ3) is 5.03. The minimum absolute atomic E-state index is 0.143. The lowest BCUT2D eigenvalue weighted by molar-refractivity contribution is 0.0883. The van der Waals surface area contributed by atoms with E-state index < -0.39 is 15.6 Å². The fraction of sp³-hybridized carbons (Fsp3) is 0.588. The molecule has 1 amide bonds. The Bertz CT molecular complexity index is 656. The highest BCUT2D eigenvalue weighted by Gasteiger charge is 2.29. The van der Waals surface area contributed by atoms with E-state index in [0.29, 0.717) is 18.5 Å². The maximum Gasteiger partial charge on any atom is 0.251 e. The predicted molar refractivity (Wildman–Crippen MR) is 96.3 cm³/mol. The van der Waals surface area contributed by atoms with E-state index >= 15 is 0 Å². The third-order valence-electron chi connectivity index (χ3n) is 4.49. The first-order chi connectivity index (χ1) is 11.1. The van der Waals surface area contributed by atoms with Crippen molar-refractivity contribution in [1.29, 1.82) is 0 Å². The van der Waals surface area contributed by atoms with Gasteiger partial charge in [0, 0.05) is 18.2 Å². The zero-order valence-electron chi connectivity index (χ0n) is 15.1. The summed E-state index contributed by atoms with van der Waals surface area (Å²) in [5.41, 5.74) is 5.66. The van der Waals surface area contributed by atoms with E-state index in [0.717, 1.165) is 0 Å². The van der Waals surface area contributed by atoms with E-state index in [1.165, 1.54) is 24.3 Å². The van der Waals surface area contributed by atoms with Crippen LogP contribution in [0.5, 0.6) is 0 Å². The van der Waals surface area contributed by atoms with Crippen molar-refractivity contribution in [2.45, 2.75) is 57.5 Å². The van der Waals surface area contributed by atoms with Crippen molar-refractivity contribution in [1.82, 2.24) is 10.0 Å². The van der Waals surface area contributed by atoms with Crippen molar-refractivity contribution in [2.75, 3.05) is 6.54 Å². The van der Waals surface area contributed by atoms with Crippen molar-refractivity contribution in [3.05, 3.63) is 29.8 Å². The topological polar surface area (TPSA) is 101 Å². The molecule has 2 atom stereocenters. The summed E-state index contributed by atoms with van der Waals surface area (Å²) in [6.45, 7) is 9.90. The van der Waals surface area contributed by atoms with Gasteiger partial charge in [0.1, 0.15) is 0 Å². The third-order valence-corrected chi connectivity index (χ3v) is 6.10. The molecule has 6 nitrogen and oxygen atoms in total. The summed E-state index contributed by atoms with van der Waals surface area (Å²) in [5, 5.41) is 2.93. The van der Waals surface area contributed by atoms with Crippen LogP contribution in [0.25, 0.3) is 0 Å². The molecule has 24 heavy (non-hydrogen) atoms. The van der Waals surface area contributed by atoms with Crippen molar-refractivity contribution >= 4 is 15.9 Å². The van der Waals surface area contributed by atoms with E-state index in [9.17, 15) is 13.2 Å². The molecule has 1 rings (SSSR count). The quantitative estimate of drug-likeness (QED) is 0.662. The van der Waals surface area contributed by atoms with Gasteiger partial charge in [-0.15, -0.1) is 0 Å². The van der Waals surface area contributed by atoms with Crippen molar-refractivity contribution in [2.24, 2.45) is 11.7 Å². The molecule has 0 aliphatic heterocycles. The number of nitrogens with two attached hydrogens (primary N) is 1. The van der Waals surface area contributed by atoms with Crippen molar-refractivity contribution in [3.8, 4) is 0 Å². The molecule has 0 aliphatic carbocycles. The largest absolute Gasteiger partial charge is 0.345 e. The summed E-state index contributed by atoms with van der Waals surface area (Å²) in [7, 11) is -3.57. The number of rotatable bonds is 8. The zero-order chi connectivity index (χ0) is 18.5. The smallest absolute Gasteiger partial charge is 0.251 e. The maximum atomic E-state index is 12.4. The van der Waals surface area contributed by atoms with Crippen LogP contribution >= 0.6 is 0 Å². The average Bonchev–Trinajstić information content (AvgIpc) is 2.54. The first kappa shape index (κ1) is 20.6. The van der Waals surface area contributed by atoms with Gasteiger partial charge < -0.3 is 11.1 Å². The number of benzene rings is 1. The molecular weight excluding hydrogens is 326 g/mol. The first-order valence-corrected chi connectivity index (χ1v) is 9.69. The number of hydrogen-bond donors (Lipinski definition) is 3. The second-order valence-corrected chi connectivity index (χ2v) is 8.40. The van der Waals surface area contributed by atoms with Crippen LogP contribution in [0.3, 0.4) is 0 Å². The fourth-order valence-electron chi connectivity index (χ4n) is 1.96. The van der Waals surface area contributed by atoms with Crippen LogP contribution < -0.4 is 15.8 Å². The molecule has 136 valence electrons. The van der Waals surface area contributed by atoms with Crippen LogP contribution in [0, 0.1) is 5.92 Å². The lowest BCUT2D eigenvalue weighted by Gasteiger charge is -2.33. The second kappa shape index (κ2) is 8.09. The van der Waals surface area contributed by atoms with Gasteiger partial charge in [0.2, 0.25) is 10.0 Å². The SMILES string of the molecule is CCC(C)NS(=O)(=O)c1ccc(C(=O)NC(C)(CN)C(C)C)cc1. The van der Waals surface area contributed by atoms with Crippen LogP contribution in [0.2, 0.25) is 0 Å². The summed E-state index contributed by atoms with van der Waals surface area (Å²) in [6.07, 6.45) is 0.701. The molecule has 0 aliphatic rings. The van der Waals surface area contributed by atoms with Crippen LogP contribution in [0.4, 0.5) is 0 Å². The highest BCUT2D eigenvalue weighted by atomic mass is 32.2. The number of amides is 1. The molecule has 2 unspecified atom stereocenters. The average molecular weight is 356 g/mol. The highest BCUT2D eigenvalue weighted by molar-refractivity contribution is 7.89. The monoisotopic (exact) mass is 355 g/mol. The van der Waals surface area contributed by atoms with Crippen LogP contribution in [-0.2, 0) is 10.0 Å². The zero-order valence-corrected chi connectivity index (χ0v) is 15.9. The number of hydrogen-bond acceptors (Lipinski definition) is 4. The number of carbonyl (C=O) groups is 1. The molecule has 0 saturated heterocycles. The molecule has 0 heterocycles. The molecule has 4 N–H and O–H groups in total. The van der Waals surface area contributed by atoms with Gasteiger partial charge >= 0.3 is 0 Å². The molecule has 1 aromatic rings. The number of carbonyl (C=O) groups excluding carboxylic acids is 1. The van der Waals surface area contributed by atoms with Crippen LogP contribution in [0.15, 0.2) is 29.2 Å². The van der Waals surface area contributed by atoms with Gasteiger partial charge in [-0.3, -0.25) is 4.79 Å².